The molecule has 2 atom stereocenters. The molecule has 3 rings (SSSR count). The van der Waals surface area contributed by atoms with Gasteiger partial charge in [-0.1, -0.05) is 23.8 Å². The van der Waals surface area contributed by atoms with E-state index in [1.165, 1.54) is 31.2 Å². The first kappa shape index (κ1) is 9.66. The molecule has 2 fully saturated rings. The zero-order valence-electron chi connectivity index (χ0n) is 9.32. The van der Waals surface area contributed by atoms with Crippen LogP contribution in [0.25, 0.3) is 6.08 Å². The standard InChI is InChI=1S/C15H15N/c16-10-12-3-1-11(2-4-12)7-15-9-13-5-6-14(15)8-13/h1-4,7,13-14H,5-6,8-9H2/b15-7+. The molecule has 16 heavy (non-hydrogen) atoms. The van der Waals surface area contributed by atoms with Gasteiger partial charge in [-0.05, 0) is 55.2 Å². The molecule has 0 heterocycles. The van der Waals surface area contributed by atoms with Gasteiger partial charge in [-0.25, -0.2) is 0 Å². The molecule has 2 saturated carbocycles. The highest BCUT2D eigenvalue weighted by Crippen LogP contribution is 2.48. The second kappa shape index (κ2) is 3.79. The summed E-state index contributed by atoms with van der Waals surface area (Å²) in [5.74, 6) is 1.83. The molecule has 1 aromatic rings. The zero-order chi connectivity index (χ0) is 11.0. The molecule has 2 aliphatic carbocycles. The van der Waals surface area contributed by atoms with Crippen molar-refractivity contribution in [2.45, 2.75) is 25.7 Å². The fourth-order valence-electron chi connectivity index (χ4n) is 3.14. The van der Waals surface area contributed by atoms with Crippen molar-refractivity contribution in [3.05, 3.63) is 41.0 Å². The third-order valence-electron chi connectivity index (χ3n) is 3.98. The highest BCUT2D eigenvalue weighted by atomic mass is 14.4. The first-order valence-electron chi connectivity index (χ1n) is 6.06. The molecule has 0 radical (unpaired) electrons. The van der Waals surface area contributed by atoms with Crippen LogP contribution in [0, 0.1) is 23.2 Å². The summed E-state index contributed by atoms with van der Waals surface area (Å²) in [6, 6.07) is 10.1. The van der Waals surface area contributed by atoms with Gasteiger partial charge in [-0.2, -0.15) is 5.26 Å². The van der Waals surface area contributed by atoms with Crippen LogP contribution in [0.15, 0.2) is 29.8 Å². The Hall–Kier alpha value is -1.55. The van der Waals surface area contributed by atoms with Crippen molar-refractivity contribution in [1.29, 1.82) is 5.26 Å². The number of allylic oxidation sites excluding steroid dienone is 1. The number of nitriles is 1. The van der Waals surface area contributed by atoms with Gasteiger partial charge in [0.15, 0.2) is 0 Å². The van der Waals surface area contributed by atoms with Crippen molar-refractivity contribution in [2.24, 2.45) is 11.8 Å². The Morgan fingerprint density at radius 3 is 2.56 bits per heavy atom. The smallest absolute Gasteiger partial charge is 0.0991 e. The van der Waals surface area contributed by atoms with Crippen LogP contribution in [0.1, 0.15) is 36.8 Å². The number of hydrogen-bond donors (Lipinski definition) is 0. The Bertz CT molecular complexity index is 461. The van der Waals surface area contributed by atoms with Crippen LogP contribution in [-0.2, 0) is 0 Å². The summed E-state index contributed by atoms with van der Waals surface area (Å²) in [6.07, 6.45) is 7.90. The molecule has 80 valence electrons. The lowest BCUT2D eigenvalue weighted by atomic mass is 9.93. The molecule has 0 spiro atoms. The Balaban J connectivity index is 1.83. The number of nitrogens with zero attached hydrogens (tertiary/aromatic N) is 1. The summed E-state index contributed by atoms with van der Waals surface area (Å²) in [6.45, 7) is 0. The van der Waals surface area contributed by atoms with E-state index >= 15 is 0 Å². The first-order chi connectivity index (χ1) is 7.85. The molecule has 0 saturated heterocycles. The SMILES string of the molecule is N#Cc1ccc(/C=C2\CC3CCC2C3)cc1. The number of rotatable bonds is 1. The minimum absolute atomic E-state index is 0.745. The van der Waals surface area contributed by atoms with Gasteiger partial charge < -0.3 is 0 Å². The van der Waals surface area contributed by atoms with E-state index in [0.717, 1.165) is 17.4 Å². The van der Waals surface area contributed by atoms with Crippen LogP contribution in [0.3, 0.4) is 0 Å². The van der Waals surface area contributed by atoms with Crippen LogP contribution in [0.5, 0.6) is 0 Å². The van der Waals surface area contributed by atoms with E-state index in [-0.39, 0.29) is 0 Å². The Morgan fingerprint density at radius 2 is 2.00 bits per heavy atom. The highest BCUT2D eigenvalue weighted by Gasteiger charge is 2.34. The molecule has 0 aliphatic heterocycles. The fourth-order valence-corrected chi connectivity index (χ4v) is 3.14. The van der Waals surface area contributed by atoms with Crippen molar-refractivity contribution in [3.63, 3.8) is 0 Å². The van der Waals surface area contributed by atoms with Crippen molar-refractivity contribution in [3.8, 4) is 6.07 Å². The molecule has 0 aromatic heterocycles. The monoisotopic (exact) mass is 209 g/mol. The fraction of sp³-hybridized carbons (Fsp3) is 0.400. The lowest BCUT2D eigenvalue weighted by molar-refractivity contribution is 0.563. The first-order valence-corrected chi connectivity index (χ1v) is 6.06. The summed E-state index contributed by atoms with van der Waals surface area (Å²) in [7, 11) is 0. The maximum Gasteiger partial charge on any atom is 0.0991 e. The molecule has 0 amide bonds. The predicted octanol–water partition coefficient (Wildman–Crippen LogP) is 3.76. The molecule has 2 bridgehead atoms. The van der Waals surface area contributed by atoms with Crippen LogP contribution >= 0.6 is 0 Å². The van der Waals surface area contributed by atoms with Crippen LogP contribution in [0.4, 0.5) is 0 Å². The van der Waals surface area contributed by atoms with Crippen molar-refractivity contribution < 1.29 is 0 Å². The van der Waals surface area contributed by atoms with E-state index in [9.17, 15) is 0 Å². The van der Waals surface area contributed by atoms with Crippen molar-refractivity contribution >= 4 is 6.08 Å². The third-order valence-corrected chi connectivity index (χ3v) is 3.98. The van der Waals surface area contributed by atoms with E-state index in [1.54, 1.807) is 5.57 Å². The van der Waals surface area contributed by atoms with Crippen LogP contribution in [-0.4, -0.2) is 0 Å². The normalized spacial score (nSPS) is 29.6. The van der Waals surface area contributed by atoms with Crippen LogP contribution < -0.4 is 0 Å². The highest BCUT2D eigenvalue weighted by molar-refractivity contribution is 5.55. The molecule has 1 aromatic carbocycles. The van der Waals surface area contributed by atoms with E-state index < -0.39 is 0 Å². The molecular weight excluding hydrogens is 194 g/mol. The number of hydrogen-bond acceptors (Lipinski definition) is 1. The minimum Gasteiger partial charge on any atom is -0.192 e. The zero-order valence-corrected chi connectivity index (χ0v) is 9.32. The summed E-state index contributed by atoms with van der Waals surface area (Å²) >= 11 is 0. The van der Waals surface area contributed by atoms with Gasteiger partial charge in [0.05, 0.1) is 11.6 Å². The lowest BCUT2D eigenvalue weighted by Gasteiger charge is -2.12. The van der Waals surface area contributed by atoms with E-state index in [1.807, 2.05) is 12.1 Å². The summed E-state index contributed by atoms with van der Waals surface area (Å²) in [5.41, 5.74) is 3.64. The Kier molecular flexibility index (Phi) is 2.29. The quantitative estimate of drug-likeness (QED) is 0.690. The largest absolute Gasteiger partial charge is 0.192 e. The summed E-state index contributed by atoms with van der Waals surface area (Å²) in [5, 5.41) is 8.73. The Labute approximate surface area is 96.4 Å². The average Bonchev–Trinajstić information content (AvgIpc) is 2.92. The van der Waals surface area contributed by atoms with Crippen molar-refractivity contribution in [1.82, 2.24) is 0 Å². The second-order valence-electron chi connectivity index (χ2n) is 5.03. The number of fused-ring (bicyclic) bond motifs is 2. The third kappa shape index (κ3) is 1.65. The maximum atomic E-state index is 8.73. The van der Waals surface area contributed by atoms with Crippen molar-refractivity contribution in [2.75, 3.05) is 0 Å². The van der Waals surface area contributed by atoms with Crippen LogP contribution in [0.2, 0.25) is 0 Å². The van der Waals surface area contributed by atoms with Gasteiger partial charge in [0.2, 0.25) is 0 Å². The number of benzene rings is 1. The lowest BCUT2D eigenvalue weighted by Crippen LogP contribution is -1.97. The minimum atomic E-state index is 0.745. The molecule has 1 nitrogen and oxygen atoms in total. The van der Waals surface area contributed by atoms with E-state index in [2.05, 4.69) is 24.3 Å². The van der Waals surface area contributed by atoms with Gasteiger partial charge in [0.25, 0.3) is 0 Å². The molecule has 0 N–H and O–H groups in total. The predicted molar refractivity (Wildman–Crippen MR) is 64.6 cm³/mol. The van der Waals surface area contributed by atoms with Gasteiger partial charge in [0, 0.05) is 0 Å². The summed E-state index contributed by atoms with van der Waals surface area (Å²) in [4.78, 5) is 0. The second-order valence-corrected chi connectivity index (χ2v) is 5.03. The molecular formula is C15H15N. The van der Waals surface area contributed by atoms with Gasteiger partial charge in [-0.3, -0.25) is 0 Å². The van der Waals surface area contributed by atoms with Gasteiger partial charge >= 0.3 is 0 Å². The Morgan fingerprint density at radius 1 is 1.19 bits per heavy atom. The summed E-state index contributed by atoms with van der Waals surface area (Å²) < 4.78 is 0. The van der Waals surface area contributed by atoms with Gasteiger partial charge in [0.1, 0.15) is 0 Å². The van der Waals surface area contributed by atoms with Gasteiger partial charge in [-0.15, -0.1) is 0 Å². The molecule has 2 unspecified atom stereocenters. The average molecular weight is 209 g/mol. The van der Waals surface area contributed by atoms with E-state index in [0.29, 0.717) is 0 Å². The molecule has 1 heteroatoms. The topological polar surface area (TPSA) is 23.8 Å². The molecule has 2 aliphatic rings. The van der Waals surface area contributed by atoms with E-state index in [4.69, 9.17) is 5.26 Å². The maximum absolute atomic E-state index is 8.73.